The second-order valence-corrected chi connectivity index (χ2v) is 12.5. The number of phenolic OH excluding ortho intramolecular Hbond substituents is 1. The zero-order valence-corrected chi connectivity index (χ0v) is 21.0. The highest BCUT2D eigenvalue weighted by atomic mass is 16.5. The number of ether oxygens (including phenoxy) is 2. The Labute approximate surface area is 207 Å². The minimum atomic E-state index is -0.252. The maximum Gasteiger partial charge on any atom is 0.237 e. The lowest BCUT2D eigenvalue weighted by atomic mass is 9.47. The van der Waals surface area contributed by atoms with Crippen molar-refractivity contribution in [1.82, 2.24) is 15.5 Å². The zero-order valence-electron chi connectivity index (χ0n) is 21.0. The van der Waals surface area contributed by atoms with Gasteiger partial charge in [0, 0.05) is 42.6 Å². The Morgan fingerprint density at radius 2 is 2.20 bits per heavy atom. The van der Waals surface area contributed by atoms with Crippen LogP contribution in [0, 0.1) is 17.3 Å². The summed E-state index contributed by atoms with van der Waals surface area (Å²) in [7, 11) is 1.79. The summed E-state index contributed by atoms with van der Waals surface area (Å²) in [6.07, 6.45) is 7.43. The monoisotopic (exact) mass is 481 g/mol. The molecule has 35 heavy (non-hydrogen) atoms. The Bertz CT molecular complexity index is 1040. The van der Waals surface area contributed by atoms with Crippen molar-refractivity contribution < 1.29 is 19.4 Å². The van der Waals surface area contributed by atoms with Crippen molar-refractivity contribution in [3.63, 3.8) is 0 Å². The van der Waals surface area contributed by atoms with Crippen LogP contribution in [0.3, 0.4) is 0 Å². The third-order valence-electron chi connectivity index (χ3n) is 10.4. The average molecular weight is 482 g/mol. The van der Waals surface area contributed by atoms with Crippen LogP contribution in [0.5, 0.6) is 11.5 Å². The smallest absolute Gasteiger partial charge is 0.237 e. The van der Waals surface area contributed by atoms with Gasteiger partial charge in [-0.05, 0) is 81.5 Å². The SMILES string of the molecule is COC1[C@@H]2Oc3c(O)ccc4c3[C@@]23CCN(CC2CC2)[C@H](C4)C3C[C@@]1(C)CNC(=O)C1CCCN1. The van der Waals surface area contributed by atoms with Gasteiger partial charge in [-0.1, -0.05) is 13.0 Å². The summed E-state index contributed by atoms with van der Waals surface area (Å²) >= 11 is 0. The van der Waals surface area contributed by atoms with Crippen LogP contribution in [0.2, 0.25) is 0 Å². The van der Waals surface area contributed by atoms with E-state index in [9.17, 15) is 9.90 Å². The highest BCUT2D eigenvalue weighted by molar-refractivity contribution is 5.82. The summed E-state index contributed by atoms with van der Waals surface area (Å²) in [6, 6.07) is 4.35. The first-order valence-corrected chi connectivity index (χ1v) is 13.7. The number of carbonyl (C=O) groups excluding carboxylic acids is 1. The number of piperidine rings is 1. The van der Waals surface area contributed by atoms with E-state index in [2.05, 4.69) is 28.5 Å². The highest BCUT2D eigenvalue weighted by Crippen LogP contribution is 2.66. The van der Waals surface area contributed by atoms with E-state index in [1.165, 1.54) is 30.5 Å². The van der Waals surface area contributed by atoms with Crippen molar-refractivity contribution in [1.29, 1.82) is 0 Å². The third kappa shape index (κ3) is 3.17. The van der Waals surface area contributed by atoms with Crippen LogP contribution in [-0.4, -0.2) is 73.5 Å². The lowest BCUT2D eigenvalue weighted by Crippen LogP contribution is -2.71. The number of rotatable bonds is 6. The van der Waals surface area contributed by atoms with Crippen molar-refractivity contribution in [2.45, 2.75) is 81.6 Å². The molecule has 1 amide bonds. The van der Waals surface area contributed by atoms with E-state index in [4.69, 9.17) is 9.47 Å². The van der Waals surface area contributed by atoms with Crippen molar-refractivity contribution >= 4 is 5.91 Å². The van der Waals surface area contributed by atoms with E-state index in [1.54, 1.807) is 7.11 Å². The van der Waals surface area contributed by atoms with Gasteiger partial charge in [0.05, 0.1) is 6.04 Å². The molecule has 2 saturated heterocycles. The van der Waals surface area contributed by atoms with E-state index >= 15 is 0 Å². The first-order valence-electron chi connectivity index (χ1n) is 13.7. The molecule has 2 bridgehead atoms. The lowest BCUT2D eigenvalue weighted by molar-refractivity contribution is -0.172. The molecule has 3 aliphatic carbocycles. The molecular formula is C28H39N3O4. The molecule has 7 rings (SSSR count). The van der Waals surface area contributed by atoms with Gasteiger partial charge >= 0.3 is 0 Å². The molecule has 7 atom stereocenters. The summed E-state index contributed by atoms with van der Waals surface area (Å²) in [5.74, 6) is 2.33. The van der Waals surface area contributed by atoms with Gasteiger partial charge < -0.3 is 25.2 Å². The molecule has 1 aromatic carbocycles. The first kappa shape index (κ1) is 22.4. The molecule has 0 radical (unpaired) electrons. The fourth-order valence-electron chi connectivity index (χ4n) is 8.62. The molecule has 3 heterocycles. The average Bonchev–Trinajstić information content (AvgIpc) is 3.35. The van der Waals surface area contributed by atoms with Crippen molar-refractivity contribution in [3.05, 3.63) is 23.3 Å². The van der Waals surface area contributed by atoms with Crippen LogP contribution in [0.4, 0.5) is 0 Å². The number of amides is 1. The normalized spacial score (nSPS) is 41.4. The molecule has 190 valence electrons. The number of nitrogens with one attached hydrogen (secondary N) is 2. The maximum atomic E-state index is 12.9. The predicted molar refractivity (Wildman–Crippen MR) is 132 cm³/mol. The minimum Gasteiger partial charge on any atom is -0.504 e. The van der Waals surface area contributed by atoms with E-state index in [0.717, 1.165) is 51.1 Å². The van der Waals surface area contributed by atoms with Gasteiger partial charge in [0.2, 0.25) is 5.91 Å². The minimum absolute atomic E-state index is 0.0795. The molecule has 7 heteroatoms. The Balaban J connectivity index is 1.26. The Morgan fingerprint density at radius 3 is 2.94 bits per heavy atom. The van der Waals surface area contributed by atoms with Crippen LogP contribution < -0.4 is 15.4 Å². The molecule has 2 saturated carbocycles. The quantitative estimate of drug-likeness (QED) is 0.579. The van der Waals surface area contributed by atoms with E-state index < -0.39 is 0 Å². The molecule has 4 fully saturated rings. The maximum absolute atomic E-state index is 12.9. The van der Waals surface area contributed by atoms with Gasteiger partial charge in [0.15, 0.2) is 11.5 Å². The predicted octanol–water partition coefficient (Wildman–Crippen LogP) is 2.34. The molecule has 3 aliphatic heterocycles. The van der Waals surface area contributed by atoms with E-state index in [0.29, 0.717) is 24.3 Å². The summed E-state index contributed by atoms with van der Waals surface area (Å²) < 4.78 is 13.0. The molecule has 6 aliphatic rings. The number of nitrogens with zero attached hydrogens (tertiary/aromatic N) is 1. The molecule has 1 spiro atoms. The first-order chi connectivity index (χ1) is 16.9. The number of aromatic hydroxyl groups is 1. The van der Waals surface area contributed by atoms with Crippen LogP contribution in [0.15, 0.2) is 12.1 Å². The lowest BCUT2D eigenvalue weighted by Gasteiger charge is -2.63. The molecule has 0 aromatic heterocycles. The molecule has 7 nitrogen and oxygen atoms in total. The van der Waals surface area contributed by atoms with Crippen LogP contribution in [0.25, 0.3) is 0 Å². The van der Waals surface area contributed by atoms with Crippen LogP contribution in [-0.2, 0) is 21.4 Å². The van der Waals surface area contributed by atoms with Crippen molar-refractivity contribution in [3.8, 4) is 11.5 Å². The number of hydrogen-bond donors (Lipinski definition) is 3. The van der Waals surface area contributed by atoms with Crippen molar-refractivity contribution in [2.24, 2.45) is 17.3 Å². The number of phenols is 1. The summed E-state index contributed by atoms with van der Waals surface area (Å²) in [5.41, 5.74) is 2.24. The van der Waals surface area contributed by atoms with Gasteiger partial charge in [0.25, 0.3) is 0 Å². The largest absolute Gasteiger partial charge is 0.504 e. The second-order valence-electron chi connectivity index (χ2n) is 12.5. The highest BCUT2D eigenvalue weighted by Gasteiger charge is 2.70. The molecule has 1 aromatic rings. The van der Waals surface area contributed by atoms with E-state index in [-0.39, 0.29) is 40.7 Å². The summed E-state index contributed by atoms with van der Waals surface area (Å²) in [6.45, 7) is 6.07. The van der Waals surface area contributed by atoms with E-state index in [1.807, 2.05) is 6.07 Å². The molecule has 3 unspecified atom stereocenters. The number of likely N-dealkylation sites (tertiary alicyclic amines) is 1. The summed E-state index contributed by atoms with van der Waals surface area (Å²) in [4.78, 5) is 15.7. The second kappa shape index (κ2) is 7.83. The Kier molecular flexibility index (Phi) is 5.01. The number of benzene rings is 1. The standard InChI is InChI=1S/C28H39N3O4/c1-27(15-30-26(33)19-4-3-10-29-19)13-18-20-12-17-7-8-21(32)23-22(17)28(18,25(35-23)24(27)34-2)9-11-31(20)14-16-5-6-16/h7-8,16,18-20,24-25,29,32H,3-6,9-15H2,1-2H3,(H,30,33)/t18?,19?,20-,24?,25+,27+,28+/m1/s1. The third-order valence-corrected chi connectivity index (χ3v) is 10.4. The summed E-state index contributed by atoms with van der Waals surface area (Å²) in [5, 5.41) is 17.4. The molecular weight excluding hydrogens is 442 g/mol. The Morgan fingerprint density at radius 1 is 1.34 bits per heavy atom. The van der Waals surface area contributed by atoms with Crippen LogP contribution in [0.1, 0.15) is 56.6 Å². The number of carbonyl (C=O) groups is 1. The number of hydrogen-bond acceptors (Lipinski definition) is 6. The Hall–Kier alpha value is -1.83. The van der Waals surface area contributed by atoms with Gasteiger partial charge in [-0.2, -0.15) is 0 Å². The fourth-order valence-corrected chi connectivity index (χ4v) is 8.62. The van der Waals surface area contributed by atoms with Gasteiger partial charge in [-0.3, -0.25) is 9.69 Å². The zero-order chi connectivity index (χ0) is 23.9. The van der Waals surface area contributed by atoms with Gasteiger partial charge in [0.1, 0.15) is 12.2 Å². The van der Waals surface area contributed by atoms with Gasteiger partial charge in [-0.15, -0.1) is 0 Å². The van der Waals surface area contributed by atoms with Gasteiger partial charge in [-0.25, -0.2) is 0 Å². The topological polar surface area (TPSA) is 83.1 Å². The van der Waals surface area contributed by atoms with Crippen molar-refractivity contribution in [2.75, 3.05) is 33.3 Å². The molecule has 3 N–H and O–H groups in total. The number of methoxy groups -OCH3 is 1. The van der Waals surface area contributed by atoms with Crippen LogP contribution >= 0.6 is 0 Å². The fraction of sp³-hybridized carbons (Fsp3) is 0.750.